The molecule has 0 bridgehead atoms. The fraction of sp³-hybridized carbons (Fsp3) is 0.150. The number of fused-ring (bicyclic) bond motifs is 1. The summed E-state index contributed by atoms with van der Waals surface area (Å²) >= 11 is 0. The van der Waals surface area contributed by atoms with Crippen LogP contribution in [0.4, 0.5) is 8.78 Å². The monoisotopic (exact) mass is 338 g/mol. The number of aromatic nitrogens is 2. The average molecular weight is 338 g/mol. The molecule has 25 heavy (non-hydrogen) atoms. The van der Waals surface area contributed by atoms with Crippen molar-refractivity contribution in [2.24, 2.45) is 0 Å². The van der Waals surface area contributed by atoms with Gasteiger partial charge in [-0.05, 0) is 54.6 Å². The van der Waals surface area contributed by atoms with E-state index in [2.05, 4.69) is 11.2 Å². The third-order valence-corrected chi connectivity index (χ3v) is 4.37. The van der Waals surface area contributed by atoms with Crippen molar-refractivity contribution in [2.45, 2.75) is 20.4 Å². The highest BCUT2D eigenvalue weighted by atomic mass is 19.1. The first-order valence-corrected chi connectivity index (χ1v) is 7.98. The van der Waals surface area contributed by atoms with Gasteiger partial charge in [-0.3, -0.25) is 0 Å². The highest BCUT2D eigenvalue weighted by molar-refractivity contribution is 5.86. The summed E-state index contributed by atoms with van der Waals surface area (Å²) in [5, 5.41) is 5.07. The van der Waals surface area contributed by atoms with Crippen LogP contribution in [-0.4, -0.2) is 9.72 Å². The summed E-state index contributed by atoms with van der Waals surface area (Å²) in [6.45, 7) is 4.18. The van der Waals surface area contributed by atoms with E-state index in [-0.39, 0.29) is 0 Å². The van der Waals surface area contributed by atoms with Crippen molar-refractivity contribution in [2.75, 3.05) is 0 Å². The lowest BCUT2D eigenvalue weighted by Gasteiger charge is -2.08. The number of halogens is 2. The number of rotatable bonds is 3. The molecular weight excluding hydrogens is 322 g/mol. The zero-order chi connectivity index (χ0) is 17.6. The van der Waals surface area contributed by atoms with Crippen molar-refractivity contribution in [3.05, 3.63) is 77.3 Å². The second-order valence-electron chi connectivity index (χ2n) is 6.19. The summed E-state index contributed by atoms with van der Waals surface area (Å²) in [6.07, 6.45) is 1.92. The largest absolute Gasteiger partial charge is 0.361 e. The topological polar surface area (TPSA) is 31.0 Å². The molecule has 0 saturated carbocycles. The van der Waals surface area contributed by atoms with E-state index in [0.717, 1.165) is 39.6 Å². The maximum absolute atomic E-state index is 13.4. The predicted octanol–water partition coefficient (Wildman–Crippen LogP) is 5.24. The molecule has 126 valence electrons. The Bertz CT molecular complexity index is 1040. The first kappa shape index (κ1) is 15.6. The third kappa shape index (κ3) is 2.82. The fourth-order valence-corrected chi connectivity index (χ4v) is 3.27. The Hall–Kier alpha value is -2.95. The van der Waals surface area contributed by atoms with Crippen molar-refractivity contribution in [1.82, 2.24) is 9.72 Å². The van der Waals surface area contributed by atoms with Crippen LogP contribution in [0.2, 0.25) is 0 Å². The normalized spacial score (nSPS) is 11.4. The van der Waals surface area contributed by atoms with Gasteiger partial charge in [0.2, 0.25) is 0 Å². The Morgan fingerprint density at radius 3 is 2.44 bits per heavy atom. The molecule has 0 fully saturated rings. The van der Waals surface area contributed by atoms with Crippen LogP contribution >= 0.6 is 0 Å². The van der Waals surface area contributed by atoms with Gasteiger partial charge in [0.15, 0.2) is 0 Å². The smallest absolute Gasteiger partial charge is 0.141 e. The van der Waals surface area contributed by atoms with E-state index in [4.69, 9.17) is 4.52 Å². The van der Waals surface area contributed by atoms with E-state index in [9.17, 15) is 8.78 Å². The molecule has 0 atom stereocenters. The van der Waals surface area contributed by atoms with Gasteiger partial charge in [0.25, 0.3) is 0 Å². The number of hydrogen-bond donors (Lipinski definition) is 0. The molecule has 2 heterocycles. The van der Waals surface area contributed by atoms with Crippen molar-refractivity contribution in [3.8, 4) is 11.1 Å². The van der Waals surface area contributed by atoms with Gasteiger partial charge in [-0.2, -0.15) is 0 Å². The molecule has 3 nitrogen and oxygen atoms in total. The Morgan fingerprint density at radius 2 is 1.76 bits per heavy atom. The minimum Gasteiger partial charge on any atom is -0.361 e. The quantitative estimate of drug-likeness (QED) is 0.511. The molecule has 0 amide bonds. The Morgan fingerprint density at radius 1 is 1.00 bits per heavy atom. The standard InChI is InChI=1S/C20H16F2N2O/c1-12-20(13(2)25-23-12)16-4-3-15-5-6-24(19(15)9-16)11-14-7-17(21)10-18(22)8-14/h3-10H,11H2,1-2H3. The highest BCUT2D eigenvalue weighted by Crippen LogP contribution is 2.30. The van der Waals surface area contributed by atoms with Gasteiger partial charge in [-0.15, -0.1) is 0 Å². The number of hydrogen-bond acceptors (Lipinski definition) is 2. The van der Waals surface area contributed by atoms with Crippen LogP contribution in [0.15, 0.2) is 53.2 Å². The first-order chi connectivity index (χ1) is 12.0. The van der Waals surface area contributed by atoms with Gasteiger partial charge < -0.3 is 9.09 Å². The van der Waals surface area contributed by atoms with E-state index in [0.29, 0.717) is 12.1 Å². The molecule has 0 N–H and O–H groups in total. The molecule has 4 aromatic rings. The minimum absolute atomic E-state index is 0.392. The third-order valence-electron chi connectivity index (χ3n) is 4.37. The number of benzene rings is 2. The lowest BCUT2D eigenvalue weighted by Crippen LogP contribution is -1.99. The van der Waals surface area contributed by atoms with Crippen molar-refractivity contribution < 1.29 is 13.3 Å². The molecule has 0 unspecified atom stereocenters. The van der Waals surface area contributed by atoms with Crippen LogP contribution in [0, 0.1) is 25.5 Å². The van der Waals surface area contributed by atoms with E-state index in [1.165, 1.54) is 12.1 Å². The van der Waals surface area contributed by atoms with E-state index >= 15 is 0 Å². The van der Waals surface area contributed by atoms with Crippen LogP contribution in [0.1, 0.15) is 17.0 Å². The lowest BCUT2D eigenvalue weighted by atomic mass is 10.0. The first-order valence-electron chi connectivity index (χ1n) is 7.98. The summed E-state index contributed by atoms with van der Waals surface area (Å²) in [7, 11) is 0. The Labute approximate surface area is 143 Å². The molecule has 0 radical (unpaired) electrons. The van der Waals surface area contributed by atoms with E-state index in [1.807, 2.05) is 42.8 Å². The summed E-state index contributed by atoms with van der Waals surface area (Å²) in [5.41, 5.74) is 4.39. The minimum atomic E-state index is -0.567. The average Bonchev–Trinajstić information content (AvgIpc) is 3.09. The highest BCUT2D eigenvalue weighted by Gasteiger charge is 2.13. The molecule has 0 aliphatic heterocycles. The number of aryl methyl sites for hydroxylation is 2. The van der Waals surface area contributed by atoms with Gasteiger partial charge in [-0.25, -0.2) is 8.78 Å². The van der Waals surface area contributed by atoms with Crippen LogP contribution in [-0.2, 0) is 6.54 Å². The van der Waals surface area contributed by atoms with Gasteiger partial charge in [0.1, 0.15) is 17.4 Å². The Kier molecular flexibility index (Phi) is 3.64. The van der Waals surface area contributed by atoms with Crippen LogP contribution < -0.4 is 0 Å². The van der Waals surface area contributed by atoms with Gasteiger partial charge in [0.05, 0.1) is 5.69 Å². The molecule has 0 aliphatic carbocycles. The zero-order valence-electron chi connectivity index (χ0n) is 13.9. The molecule has 0 aliphatic rings. The molecule has 0 saturated heterocycles. The van der Waals surface area contributed by atoms with Crippen LogP contribution in [0.5, 0.6) is 0 Å². The molecule has 0 spiro atoms. The fourth-order valence-electron chi connectivity index (χ4n) is 3.27. The van der Waals surface area contributed by atoms with Gasteiger partial charge in [0, 0.05) is 29.9 Å². The second-order valence-corrected chi connectivity index (χ2v) is 6.19. The summed E-state index contributed by atoms with van der Waals surface area (Å²) < 4.78 is 34.1. The maximum atomic E-state index is 13.4. The molecule has 2 aromatic carbocycles. The summed E-state index contributed by atoms with van der Waals surface area (Å²) in [5.74, 6) is -0.368. The van der Waals surface area contributed by atoms with Gasteiger partial charge >= 0.3 is 0 Å². The molecular formula is C20H16F2N2O. The van der Waals surface area contributed by atoms with E-state index < -0.39 is 11.6 Å². The Balaban J connectivity index is 1.79. The second kappa shape index (κ2) is 5.84. The molecule has 5 heteroatoms. The van der Waals surface area contributed by atoms with Gasteiger partial charge in [-0.1, -0.05) is 17.3 Å². The summed E-state index contributed by atoms with van der Waals surface area (Å²) in [4.78, 5) is 0. The predicted molar refractivity (Wildman–Crippen MR) is 92.4 cm³/mol. The SMILES string of the molecule is Cc1noc(C)c1-c1ccc2ccn(Cc3cc(F)cc(F)c3)c2c1. The van der Waals surface area contributed by atoms with Crippen molar-refractivity contribution in [1.29, 1.82) is 0 Å². The lowest BCUT2D eigenvalue weighted by molar-refractivity contribution is 0.393. The van der Waals surface area contributed by atoms with Crippen molar-refractivity contribution in [3.63, 3.8) is 0 Å². The number of nitrogens with zero attached hydrogens (tertiary/aromatic N) is 2. The zero-order valence-corrected chi connectivity index (χ0v) is 13.9. The maximum Gasteiger partial charge on any atom is 0.141 e. The van der Waals surface area contributed by atoms with E-state index in [1.54, 1.807) is 0 Å². The van der Waals surface area contributed by atoms with Crippen LogP contribution in [0.25, 0.3) is 22.0 Å². The van der Waals surface area contributed by atoms with Crippen molar-refractivity contribution >= 4 is 10.9 Å². The van der Waals surface area contributed by atoms with Crippen LogP contribution in [0.3, 0.4) is 0 Å². The summed E-state index contributed by atoms with van der Waals surface area (Å²) in [6, 6.07) is 11.7. The molecule has 4 rings (SSSR count). The molecule has 2 aromatic heterocycles.